The summed E-state index contributed by atoms with van der Waals surface area (Å²) in [4.78, 5) is 13.6. The summed E-state index contributed by atoms with van der Waals surface area (Å²) >= 11 is 0. The van der Waals surface area contributed by atoms with Crippen LogP contribution in [0.15, 0.2) is 18.2 Å². The lowest BCUT2D eigenvalue weighted by Gasteiger charge is -2.29. The third-order valence-electron chi connectivity index (χ3n) is 3.39. The summed E-state index contributed by atoms with van der Waals surface area (Å²) in [6.07, 6.45) is -0.722. The van der Waals surface area contributed by atoms with Crippen molar-refractivity contribution in [2.24, 2.45) is 0 Å². The molecule has 0 spiro atoms. The van der Waals surface area contributed by atoms with Crippen LogP contribution in [0, 0.1) is 5.82 Å². The maximum atomic E-state index is 13.9. The molecule has 3 N–H and O–H groups in total. The van der Waals surface area contributed by atoms with Gasteiger partial charge in [0, 0.05) is 12.2 Å². The van der Waals surface area contributed by atoms with Crippen LogP contribution in [0.2, 0.25) is 0 Å². The molecule has 0 saturated heterocycles. The summed E-state index contributed by atoms with van der Waals surface area (Å²) in [5.74, 6) is -0.309. The SMILES string of the molecule is CC(C)c1ccc(NC(=O)N(C[C@H](C)O)[C@@H](C)CO)cc1F. The van der Waals surface area contributed by atoms with Crippen molar-refractivity contribution in [3.8, 4) is 0 Å². The Hall–Kier alpha value is -1.66. The molecule has 0 aliphatic rings. The van der Waals surface area contributed by atoms with E-state index in [1.165, 1.54) is 11.0 Å². The van der Waals surface area contributed by atoms with E-state index in [1.54, 1.807) is 26.0 Å². The number of benzene rings is 1. The Morgan fingerprint density at radius 2 is 1.95 bits per heavy atom. The van der Waals surface area contributed by atoms with Gasteiger partial charge in [0.2, 0.25) is 0 Å². The lowest BCUT2D eigenvalue weighted by atomic mass is 10.0. The topological polar surface area (TPSA) is 72.8 Å². The zero-order chi connectivity index (χ0) is 16.9. The Morgan fingerprint density at radius 3 is 2.41 bits per heavy atom. The van der Waals surface area contributed by atoms with E-state index in [2.05, 4.69) is 5.32 Å². The van der Waals surface area contributed by atoms with Gasteiger partial charge in [0.25, 0.3) is 0 Å². The van der Waals surface area contributed by atoms with Crippen molar-refractivity contribution in [1.29, 1.82) is 0 Å². The summed E-state index contributed by atoms with van der Waals surface area (Å²) < 4.78 is 13.9. The van der Waals surface area contributed by atoms with Gasteiger partial charge in [0.1, 0.15) is 5.82 Å². The number of aliphatic hydroxyl groups excluding tert-OH is 2. The number of carbonyl (C=O) groups excluding carboxylic acids is 1. The normalized spacial score (nSPS) is 13.8. The molecule has 0 aliphatic carbocycles. The molecule has 0 radical (unpaired) electrons. The third-order valence-corrected chi connectivity index (χ3v) is 3.39. The summed E-state index contributed by atoms with van der Waals surface area (Å²) in [5.41, 5.74) is 0.926. The van der Waals surface area contributed by atoms with Gasteiger partial charge in [-0.1, -0.05) is 19.9 Å². The largest absolute Gasteiger partial charge is 0.394 e. The first kappa shape index (κ1) is 18.4. The number of urea groups is 1. The van der Waals surface area contributed by atoms with E-state index in [1.807, 2.05) is 13.8 Å². The molecule has 0 aromatic heterocycles. The molecule has 0 aliphatic heterocycles. The number of nitrogens with zero attached hydrogens (tertiary/aromatic N) is 1. The molecule has 0 unspecified atom stereocenters. The van der Waals surface area contributed by atoms with Gasteiger partial charge in [-0.05, 0) is 37.5 Å². The van der Waals surface area contributed by atoms with Crippen molar-refractivity contribution in [1.82, 2.24) is 4.90 Å². The lowest BCUT2D eigenvalue weighted by molar-refractivity contribution is 0.0994. The first-order valence-corrected chi connectivity index (χ1v) is 7.42. The second-order valence-corrected chi connectivity index (χ2v) is 5.85. The number of nitrogens with one attached hydrogen (secondary N) is 1. The van der Waals surface area contributed by atoms with E-state index < -0.39 is 18.2 Å². The van der Waals surface area contributed by atoms with Crippen molar-refractivity contribution < 1.29 is 19.4 Å². The predicted molar refractivity (Wildman–Crippen MR) is 84.4 cm³/mol. The van der Waals surface area contributed by atoms with Crippen molar-refractivity contribution in [2.75, 3.05) is 18.5 Å². The van der Waals surface area contributed by atoms with Crippen LogP contribution in [0.1, 0.15) is 39.2 Å². The number of halogens is 1. The maximum absolute atomic E-state index is 13.9. The number of carbonyl (C=O) groups is 1. The average molecular weight is 312 g/mol. The van der Waals surface area contributed by atoms with Crippen molar-refractivity contribution >= 4 is 11.7 Å². The van der Waals surface area contributed by atoms with Gasteiger partial charge in [0.05, 0.1) is 18.8 Å². The average Bonchev–Trinajstić information content (AvgIpc) is 2.43. The fourth-order valence-corrected chi connectivity index (χ4v) is 2.11. The zero-order valence-corrected chi connectivity index (χ0v) is 13.5. The highest BCUT2D eigenvalue weighted by atomic mass is 19.1. The monoisotopic (exact) mass is 312 g/mol. The molecule has 22 heavy (non-hydrogen) atoms. The molecule has 0 saturated carbocycles. The highest BCUT2D eigenvalue weighted by molar-refractivity contribution is 5.89. The molecular formula is C16H25FN2O3. The number of hydrogen-bond acceptors (Lipinski definition) is 3. The second kappa shape index (κ2) is 8.10. The van der Waals surface area contributed by atoms with Crippen molar-refractivity contribution in [3.63, 3.8) is 0 Å². The Labute approximate surface area is 130 Å². The molecule has 6 heteroatoms. The molecule has 0 bridgehead atoms. The molecule has 1 aromatic carbocycles. The summed E-state index contributed by atoms with van der Waals surface area (Å²) in [7, 11) is 0. The molecule has 2 amide bonds. The molecule has 5 nitrogen and oxygen atoms in total. The van der Waals surface area contributed by atoms with Crippen LogP contribution >= 0.6 is 0 Å². The summed E-state index contributed by atoms with van der Waals surface area (Å²) in [5, 5.41) is 21.3. The van der Waals surface area contributed by atoms with Crippen LogP contribution in [0.25, 0.3) is 0 Å². The summed E-state index contributed by atoms with van der Waals surface area (Å²) in [6.45, 7) is 6.88. The Morgan fingerprint density at radius 1 is 1.32 bits per heavy atom. The third kappa shape index (κ3) is 4.96. The second-order valence-electron chi connectivity index (χ2n) is 5.85. The van der Waals surface area contributed by atoms with Crippen LogP contribution < -0.4 is 5.32 Å². The van der Waals surface area contributed by atoms with Crippen molar-refractivity contribution in [3.05, 3.63) is 29.6 Å². The lowest BCUT2D eigenvalue weighted by Crippen LogP contribution is -2.46. The Kier molecular flexibility index (Phi) is 6.77. The van der Waals surface area contributed by atoms with Crippen LogP contribution in [-0.2, 0) is 0 Å². The van der Waals surface area contributed by atoms with E-state index in [4.69, 9.17) is 0 Å². The highest BCUT2D eigenvalue weighted by Crippen LogP contribution is 2.22. The molecule has 1 rings (SSSR count). The predicted octanol–water partition coefficient (Wildman–Crippen LogP) is 2.54. The van der Waals surface area contributed by atoms with Crippen LogP contribution in [-0.4, -0.2) is 46.4 Å². The van der Waals surface area contributed by atoms with Crippen LogP contribution in [0.5, 0.6) is 0 Å². The van der Waals surface area contributed by atoms with E-state index in [0.29, 0.717) is 11.3 Å². The molecular weight excluding hydrogens is 287 g/mol. The molecule has 1 aromatic rings. The highest BCUT2D eigenvalue weighted by Gasteiger charge is 2.21. The van der Waals surface area contributed by atoms with Gasteiger partial charge in [-0.2, -0.15) is 0 Å². The first-order chi connectivity index (χ1) is 10.3. The number of rotatable bonds is 6. The van der Waals surface area contributed by atoms with E-state index in [-0.39, 0.29) is 24.9 Å². The van der Waals surface area contributed by atoms with E-state index >= 15 is 0 Å². The molecule has 0 heterocycles. The molecule has 2 atom stereocenters. The quantitative estimate of drug-likeness (QED) is 0.756. The Bertz CT molecular complexity index is 506. The van der Waals surface area contributed by atoms with Gasteiger partial charge in [-0.25, -0.2) is 9.18 Å². The van der Waals surface area contributed by atoms with Crippen molar-refractivity contribution in [2.45, 2.75) is 45.8 Å². The number of amides is 2. The first-order valence-electron chi connectivity index (χ1n) is 7.42. The Balaban J connectivity index is 2.87. The van der Waals surface area contributed by atoms with Crippen LogP contribution in [0.3, 0.4) is 0 Å². The van der Waals surface area contributed by atoms with E-state index in [0.717, 1.165) is 0 Å². The molecule has 124 valence electrons. The molecule has 0 fully saturated rings. The number of anilines is 1. The van der Waals surface area contributed by atoms with E-state index in [9.17, 15) is 19.4 Å². The van der Waals surface area contributed by atoms with Gasteiger partial charge in [0.15, 0.2) is 0 Å². The fourth-order valence-electron chi connectivity index (χ4n) is 2.11. The number of aliphatic hydroxyl groups is 2. The fraction of sp³-hybridized carbons (Fsp3) is 0.562. The smallest absolute Gasteiger partial charge is 0.322 e. The van der Waals surface area contributed by atoms with Gasteiger partial charge >= 0.3 is 6.03 Å². The minimum atomic E-state index is -0.722. The summed E-state index contributed by atoms with van der Waals surface area (Å²) in [6, 6.07) is 3.62. The standard InChI is InChI=1S/C16H25FN2O3/c1-10(2)14-6-5-13(7-15(14)17)18-16(22)19(8-12(4)21)11(3)9-20/h5-7,10-12,20-21H,8-9H2,1-4H3,(H,18,22)/t11-,12-/m0/s1. The maximum Gasteiger partial charge on any atom is 0.322 e. The number of hydrogen-bond donors (Lipinski definition) is 3. The zero-order valence-electron chi connectivity index (χ0n) is 13.5. The van der Waals surface area contributed by atoms with Crippen LogP contribution in [0.4, 0.5) is 14.9 Å². The minimum Gasteiger partial charge on any atom is -0.394 e. The van der Waals surface area contributed by atoms with Gasteiger partial charge in [-0.15, -0.1) is 0 Å². The van der Waals surface area contributed by atoms with Gasteiger partial charge < -0.3 is 20.4 Å². The van der Waals surface area contributed by atoms with Gasteiger partial charge in [-0.3, -0.25) is 0 Å². The minimum absolute atomic E-state index is 0.0610.